The van der Waals surface area contributed by atoms with Gasteiger partial charge in [-0.05, 0) is 25.0 Å². The lowest BCUT2D eigenvalue weighted by Crippen LogP contribution is -2.49. The van der Waals surface area contributed by atoms with Crippen molar-refractivity contribution in [3.05, 3.63) is 49.1 Å². The Hall–Kier alpha value is -2.76. The van der Waals surface area contributed by atoms with Crippen LogP contribution in [0.15, 0.2) is 49.1 Å². The summed E-state index contributed by atoms with van der Waals surface area (Å²) in [6, 6.07) is 6.55. The van der Waals surface area contributed by atoms with Crippen LogP contribution in [0.25, 0.3) is 11.1 Å². The van der Waals surface area contributed by atoms with Gasteiger partial charge in [-0.1, -0.05) is 0 Å². The van der Waals surface area contributed by atoms with Gasteiger partial charge >= 0.3 is 18.0 Å². The van der Waals surface area contributed by atoms with E-state index < -0.39 is 18.0 Å². The number of pyridine rings is 2. The van der Waals surface area contributed by atoms with Gasteiger partial charge in [-0.25, -0.2) is 14.2 Å². The van der Waals surface area contributed by atoms with Crippen LogP contribution in [0.5, 0.6) is 0 Å². The summed E-state index contributed by atoms with van der Waals surface area (Å²) in [7, 11) is 1.95. The molecule has 0 aromatic carbocycles. The number of hydrogen-bond donors (Lipinski definition) is 0. The zero-order valence-electron chi connectivity index (χ0n) is 14.1. The highest BCUT2D eigenvalue weighted by Crippen LogP contribution is 2.16. The smallest absolute Gasteiger partial charge is 0.388 e. The molecule has 0 saturated carbocycles. The lowest BCUT2D eigenvalue weighted by molar-refractivity contribution is -0.699. The second kappa shape index (κ2) is 8.19. The van der Waals surface area contributed by atoms with E-state index in [1.807, 2.05) is 48.3 Å². The van der Waals surface area contributed by atoms with Crippen molar-refractivity contribution in [2.45, 2.75) is 19.9 Å². The van der Waals surface area contributed by atoms with E-state index in [2.05, 4.69) is 0 Å². The summed E-state index contributed by atoms with van der Waals surface area (Å²) in [4.78, 5) is 24.2. The maximum atomic E-state index is 12.1. The quantitative estimate of drug-likeness (QED) is 0.453. The number of hydrogen-bond acceptors (Lipinski definition) is 4. The van der Waals surface area contributed by atoms with Gasteiger partial charge in [-0.3, -0.25) is 0 Å². The summed E-state index contributed by atoms with van der Waals surface area (Å²) in [6.07, 6.45) is 7.27. The minimum absolute atomic E-state index is 0.203. The molecule has 0 atom stereocenters. The molecule has 6 heteroatoms. The van der Waals surface area contributed by atoms with Crippen molar-refractivity contribution in [3.63, 3.8) is 0 Å². The highest BCUT2D eigenvalue weighted by molar-refractivity contribution is 5.95. The molecule has 0 aliphatic carbocycles. The number of nitrogens with zero attached hydrogens (tertiary/aromatic N) is 2. The Labute approximate surface area is 141 Å². The van der Waals surface area contributed by atoms with Crippen LogP contribution in [0, 0.1) is 0 Å². The molecule has 0 aliphatic heterocycles. The van der Waals surface area contributed by atoms with E-state index >= 15 is 0 Å². The summed E-state index contributed by atoms with van der Waals surface area (Å²) in [6.45, 7) is 3.80. The predicted octanol–water partition coefficient (Wildman–Crippen LogP) is 1.13. The summed E-state index contributed by atoms with van der Waals surface area (Å²) in [5.74, 6) is -1.25. The average molecular weight is 330 g/mol. The molecule has 2 aromatic heterocycles. The third kappa shape index (κ3) is 4.16. The minimum atomic E-state index is -1.13. The van der Waals surface area contributed by atoms with Crippen LogP contribution >= 0.6 is 0 Å². The fraction of sp³-hybridized carbons (Fsp3) is 0.333. The summed E-state index contributed by atoms with van der Waals surface area (Å²) in [5.41, 5.74) is 2.03. The molecule has 0 amide bonds. The van der Waals surface area contributed by atoms with E-state index in [-0.39, 0.29) is 13.2 Å². The first-order valence-corrected chi connectivity index (χ1v) is 7.86. The molecular formula is C18H22N2O4+2. The maximum absolute atomic E-state index is 12.1. The van der Waals surface area contributed by atoms with Crippen LogP contribution in [-0.4, -0.2) is 25.2 Å². The number of rotatable bonds is 6. The number of ether oxygens (including phenoxy) is 2. The fourth-order valence-corrected chi connectivity index (χ4v) is 2.28. The van der Waals surface area contributed by atoms with E-state index in [9.17, 15) is 9.59 Å². The second-order valence-corrected chi connectivity index (χ2v) is 5.19. The average Bonchev–Trinajstić information content (AvgIpc) is 2.57. The van der Waals surface area contributed by atoms with Crippen molar-refractivity contribution in [1.82, 2.24) is 0 Å². The highest BCUT2D eigenvalue weighted by atomic mass is 16.6. The Morgan fingerprint density at radius 1 is 0.875 bits per heavy atom. The Kier molecular flexibility index (Phi) is 6.01. The lowest BCUT2D eigenvalue weighted by atomic mass is 10.1. The van der Waals surface area contributed by atoms with Gasteiger partial charge in [0.2, 0.25) is 0 Å². The van der Waals surface area contributed by atoms with Crippen LogP contribution in [0.2, 0.25) is 0 Å². The van der Waals surface area contributed by atoms with Crippen LogP contribution in [0.4, 0.5) is 0 Å². The van der Waals surface area contributed by atoms with E-state index in [4.69, 9.17) is 9.47 Å². The number of carbonyl (C=O) groups excluding carboxylic acids is 2. The largest absolute Gasteiger partial charge is 0.461 e. The van der Waals surface area contributed by atoms with Crippen molar-refractivity contribution in [2.75, 3.05) is 13.2 Å². The Bertz CT molecular complexity index is 678. The summed E-state index contributed by atoms with van der Waals surface area (Å²) < 4.78 is 13.4. The first-order valence-electron chi connectivity index (χ1n) is 7.86. The number of aromatic nitrogens is 2. The molecule has 0 N–H and O–H groups in total. The third-order valence-corrected chi connectivity index (χ3v) is 3.48. The topological polar surface area (TPSA) is 60.4 Å². The van der Waals surface area contributed by atoms with E-state index in [0.29, 0.717) is 0 Å². The standard InChI is InChI=1S/C18H22N2O4/c1-4-23-17(21)16(18(22)24-5-2)20-12-8-15(9-13-20)14-6-10-19(3)11-7-14/h6-13,16H,4-5H2,1-3H3/q+2. The summed E-state index contributed by atoms with van der Waals surface area (Å²) >= 11 is 0. The van der Waals surface area contributed by atoms with Gasteiger partial charge in [-0.15, -0.1) is 0 Å². The second-order valence-electron chi connectivity index (χ2n) is 5.19. The number of carbonyl (C=O) groups is 2. The van der Waals surface area contributed by atoms with Crippen molar-refractivity contribution >= 4 is 11.9 Å². The molecule has 0 fully saturated rings. The molecule has 2 rings (SSSR count). The normalized spacial score (nSPS) is 10.5. The van der Waals surface area contributed by atoms with Crippen molar-refractivity contribution in [3.8, 4) is 11.1 Å². The van der Waals surface area contributed by atoms with Gasteiger partial charge in [-0.2, -0.15) is 4.57 Å². The summed E-state index contributed by atoms with van der Waals surface area (Å²) in [5, 5.41) is 0. The van der Waals surface area contributed by atoms with Crippen molar-refractivity contribution in [1.29, 1.82) is 0 Å². The Balaban J connectivity index is 2.28. The molecule has 2 heterocycles. The highest BCUT2D eigenvalue weighted by Gasteiger charge is 2.38. The lowest BCUT2D eigenvalue weighted by Gasteiger charge is -2.10. The SMILES string of the molecule is CCOC(=O)C(C(=O)OCC)[n+]1ccc(-c2cc[n+](C)cc2)cc1. The van der Waals surface area contributed by atoms with Crippen molar-refractivity contribution < 1.29 is 28.2 Å². The molecule has 0 radical (unpaired) electrons. The van der Waals surface area contributed by atoms with Crippen LogP contribution in [0.1, 0.15) is 19.9 Å². The van der Waals surface area contributed by atoms with E-state index in [1.165, 1.54) is 4.57 Å². The molecule has 0 unspecified atom stereocenters. The van der Waals surface area contributed by atoms with Crippen LogP contribution in [0.3, 0.4) is 0 Å². The predicted molar refractivity (Wildman–Crippen MR) is 85.6 cm³/mol. The van der Waals surface area contributed by atoms with E-state index in [0.717, 1.165) is 11.1 Å². The first kappa shape index (κ1) is 17.6. The molecule has 6 nitrogen and oxygen atoms in total. The van der Waals surface area contributed by atoms with Gasteiger partial charge < -0.3 is 9.47 Å². The molecular weight excluding hydrogens is 308 g/mol. The Morgan fingerprint density at radius 2 is 1.29 bits per heavy atom. The molecule has 0 saturated heterocycles. The van der Waals surface area contributed by atoms with E-state index in [1.54, 1.807) is 26.2 Å². The minimum Gasteiger partial charge on any atom is -0.461 e. The molecule has 24 heavy (non-hydrogen) atoms. The number of aryl methyl sites for hydroxylation is 1. The van der Waals surface area contributed by atoms with Gasteiger partial charge in [0.25, 0.3) is 0 Å². The molecule has 0 bridgehead atoms. The molecule has 0 aliphatic rings. The molecule has 0 spiro atoms. The van der Waals surface area contributed by atoms with Gasteiger partial charge in [0, 0.05) is 24.3 Å². The number of esters is 2. The van der Waals surface area contributed by atoms with Gasteiger partial charge in [0.1, 0.15) is 7.05 Å². The molecule has 2 aromatic rings. The van der Waals surface area contributed by atoms with Crippen molar-refractivity contribution in [2.24, 2.45) is 7.05 Å². The first-order chi connectivity index (χ1) is 11.6. The van der Waals surface area contributed by atoms with Gasteiger partial charge in [0.15, 0.2) is 24.8 Å². The maximum Gasteiger partial charge on any atom is 0.388 e. The van der Waals surface area contributed by atoms with Crippen LogP contribution < -0.4 is 9.13 Å². The monoisotopic (exact) mass is 330 g/mol. The molecule has 126 valence electrons. The van der Waals surface area contributed by atoms with Crippen LogP contribution in [-0.2, 0) is 26.1 Å². The third-order valence-electron chi connectivity index (χ3n) is 3.48. The Morgan fingerprint density at radius 3 is 1.71 bits per heavy atom. The zero-order chi connectivity index (χ0) is 17.5. The zero-order valence-corrected chi connectivity index (χ0v) is 14.1. The fourth-order valence-electron chi connectivity index (χ4n) is 2.28. The van der Waals surface area contributed by atoms with Gasteiger partial charge in [0.05, 0.1) is 13.2 Å².